The van der Waals surface area contributed by atoms with E-state index in [4.69, 9.17) is 28.4 Å². The summed E-state index contributed by atoms with van der Waals surface area (Å²) in [4.78, 5) is 13.1. The molecule has 19 heteroatoms. The first-order chi connectivity index (χ1) is 31.8. The van der Waals surface area contributed by atoms with E-state index in [0.29, 0.717) is 12.8 Å². The highest BCUT2D eigenvalue weighted by Crippen LogP contribution is 2.33. The van der Waals surface area contributed by atoms with Crippen molar-refractivity contribution in [1.29, 1.82) is 0 Å². The van der Waals surface area contributed by atoms with Gasteiger partial charge in [0.1, 0.15) is 73.2 Å². The van der Waals surface area contributed by atoms with Crippen molar-refractivity contribution >= 4 is 5.91 Å². The van der Waals surface area contributed by atoms with Crippen LogP contribution in [0.5, 0.6) is 0 Å². The highest BCUT2D eigenvalue weighted by Gasteiger charge is 2.53. The van der Waals surface area contributed by atoms with Crippen molar-refractivity contribution in [1.82, 2.24) is 5.32 Å². The van der Waals surface area contributed by atoms with Gasteiger partial charge in [0.15, 0.2) is 18.9 Å². The van der Waals surface area contributed by atoms with Crippen LogP contribution in [0.25, 0.3) is 0 Å². The molecule has 0 spiro atoms. The second-order valence-electron chi connectivity index (χ2n) is 17.9. The van der Waals surface area contributed by atoms with E-state index in [1.165, 1.54) is 57.8 Å². The molecule has 386 valence electrons. The summed E-state index contributed by atoms with van der Waals surface area (Å²) >= 11 is 0. The molecule has 12 N–H and O–H groups in total. The zero-order valence-electron chi connectivity index (χ0n) is 39.2. The summed E-state index contributed by atoms with van der Waals surface area (Å²) in [6.07, 6.45) is 1.36. The molecule has 19 nitrogen and oxygen atoms in total. The molecule has 3 heterocycles. The molecular formula is C47H85NO18. The summed E-state index contributed by atoms with van der Waals surface area (Å²) < 4.78 is 33.9. The Balaban J connectivity index is 1.48. The third-order valence-electron chi connectivity index (χ3n) is 12.5. The van der Waals surface area contributed by atoms with Gasteiger partial charge in [-0.15, -0.1) is 0 Å². The number of rotatable bonds is 33. The first-order valence-corrected chi connectivity index (χ1v) is 24.6. The third kappa shape index (κ3) is 19.2. The van der Waals surface area contributed by atoms with E-state index in [1.54, 1.807) is 6.08 Å². The van der Waals surface area contributed by atoms with Crippen molar-refractivity contribution in [2.24, 2.45) is 0 Å². The quantitative estimate of drug-likeness (QED) is 0.0321. The fraction of sp³-hybridized carbons (Fsp3) is 0.894. The number of allylic oxidation sites excluding steroid dienone is 3. The van der Waals surface area contributed by atoms with Crippen LogP contribution in [0.2, 0.25) is 0 Å². The van der Waals surface area contributed by atoms with Gasteiger partial charge < -0.3 is 89.9 Å². The van der Waals surface area contributed by atoms with Gasteiger partial charge >= 0.3 is 0 Å². The Bertz CT molecular complexity index is 1330. The minimum Gasteiger partial charge on any atom is -0.394 e. The van der Waals surface area contributed by atoms with Gasteiger partial charge in [-0.2, -0.15) is 0 Å². The average Bonchev–Trinajstić information content (AvgIpc) is 3.31. The summed E-state index contributed by atoms with van der Waals surface area (Å²) in [5, 5.41) is 119. The van der Waals surface area contributed by atoms with Gasteiger partial charge in [-0.1, -0.05) is 115 Å². The Morgan fingerprint density at radius 1 is 0.530 bits per heavy atom. The third-order valence-corrected chi connectivity index (χ3v) is 12.5. The van der Waals surface area contributed by atoms with E-state index in [9.17, 15) is 61.0 Å². The lowest BCUT2D eigenvalue weighted by atomic mass is 9.96. The minimum atomic E-state index is -1.97. The van der Waals surface area contributed by atoms with Gasteiger partial charge in [-0.3, -0.25) is 4.79 Å². The van der Waals surface area contributed by atoms with E-state index >= 15 is 0 Å². The van der Waals surface area contributed by atoms with Crippen LogP contribution in [-0.2, 0) is 33.2 Å². The van der Waals surface area contributed by atoms with Gasteiger partial charge in [-0.05, 0) is 38.5 Å². The van der Waals surface area contributed by atoms with E-state index < -0.39 is 124 Å². The fourth-order valence-corrected chi connectivity index (χ4v) is 8.29. The van der Waals surface area contributed by atoms with Gasteiger partial charge in [-0.25, -0.2) is 0 Å². The van der Waals surface area contributed by atoms with Crippen LogP contribution < -0.4 is 5.32 Å². The number of aliphatic hydroxyl groups excluding tert-OH is 11. The predicted molar refractivity (Wildman–Crippen MR) is 240 cm³/mol. The number of amides is 1. The summed E-state index contributed by atoms with van der Waals surface area (Å²) in [6.45, 7) is 1.50. The van der Waals surface area contributed by atoms with E-state index in [2.05, 4.69) is 24.4 Å². The lowest BCUT2D eigenvalue weighted by Crippen LogP contribution is -2.66. The number of ether oxygens (including phenoxy) is 6. The standard InChI is InChI=1S/C47H85NO18/c1-3-5-7-9-10-11-12-13-14-15-16-17-18-19-20-21-23-25-35(53)48-30(31(52)24-22-8-6-4-2)29-61-45-41(59)38(56)43(33(27-50)63-45)66-47-42(60)39(57)44(34(28-51)64-47)65-46-40(58)37(55)36(54)32(26-49)62-46/h13-14,22,24,30-34,36-47,49-52,54-60H,3-12,15-21,23,25-29H2,1-2H3,(H,48,53)/b14-13-,24-22+. The van der Waals surface area contributed by atoms with Crippen molar-refractivity contribution in [2.45, 2.75) is 240 Å². The van der Waals surface area contributed by atoms with Gasteiger partial charge in [0.2, 0.25) is 5.91 Å². The van der Waals surface area contributed by atoms with Crippen LogP contribution in [0.15, 0.2) is 24.3 Å². The molecule has 17 unspecified atom stereocenters. The molecule has 0 aromatic rings. The Morgan fingerprint density at radius 2 is 0.970 bits per heavy atom. The van der Waals surface area contributed by atoms with Crippen LogP contribution in [0, 0.1) is 0 Å². The topological polar surface area (TPSA) is 307 Å². The number of hydrogen-bond acceptors (Lipinski definition) is 18. The van der Waals surface area contributed by atoms with Crippen LogP contribution in [0.4, 0.5) is 0 Å². The molecular weight excluding hydrogens is 867 g/mol. The maximum Gasteiger partial charge on any atom is 0.220 e. The zero-order valence-corrected chi connectivity index (χ0v) is 39.2. The normalized spacial score (nSPS) is 34.0. The lowest BCUT2D eigenvalue weighted by Gasteiger charge is -2.48. The molecule has 3 aliphatic rings. The lowest BCUT2D eigenvalue weighted by molar-refractivity contribution is -0.379. The molecule has 3 saturated heterocycles. The molecule has 0 aliphatic carbocycles. The predicted octanol–water partition coefficient (Wildman–Crippen LogP) is 0.861. The van der Waals surface area contributed by atoms with Crippen molar-refractivity contribution in [3.8, 4) is 0 Å². The number of aliphatic hydroxyl groups is 11. The van der Waals surface area contributed by atoms with Crippen molar-refractivity contribution < 1.29 is 89.4 Å². The Hall–Kier alpha value is -1.73. The number of carbonyl (C=O) groups is 1. The Labute approximate surface area is 390 Å². The second-order valence-corrected chi connectivity index (χ2v) is 17.9. The smallest absolute Gasteiger partial charge is 0.220 e. The van der Waals surface area contributed by atoms with Crippen molar-refractivity contribution in [2.75, 3.05) is 26.4 Å². The first kappa shape index (κ1) is 58.6. The second kappa shape index (κ2) is 33.0. The van der Waals surface area contributed by atoms with Crippen LogP contribution >= 0.6 is 0 Å². The van der Waals surface area contributed by atoms with Crippen LogP contribution in [0.1, 0.15) is 136 Å². The highest BCUT2D eigenvalue weighted by molar-refractivity contribution is 5.76. The SMILES string of the molecule is CCCC/C=C/C(O)C(COC1OC(CO)C(OC2OC(CO)C(OC3OC(CO)C(O)C(O)C3O)C(O)C2O)C(O)C1O)NC(=O)CCCCCCCCC/C=C\CCCCCCCC. The summed E-state index contributed by atoms with van der Waals surface area (Å²) in [5.41, 5.74) is 0. The number of hydrogen-bond donors (Lipinski definition) is 12. The zero-order chi connectivity index (χ0) is 48.4. The molecule has 66 heavy (non-hydrogen) atoms. The monoisotopic (exact) mass is 952 g/mol. The highest BCUT2D eigenvalue weighted by atomic mass is 16.8. The van der Waals surface area contributed by atoms with Crippen molar-refractivity contribution in [3.63, 3.8) is 0 Å². The summed E-state index contributed by atoms with van der Waals surface area (Å²) in [6, 6.07) is -0.967. The summed E-state index contributed by atoms with van der Waals surface area (Å²) in [5.74, 6) is -0.292. The van der Waals surface area contributed by atoms with Crippen LogP contribution in [-0.4, -0.2) is 193 Å². The molecule has 3 rings (SSSR count). The number of unbranched alkanes of at least 4 members (excludes halogenated alkanes) is 15. The molecule has 3 fully saturated rings. The molecule has 17 atom stereocenters. The maximum atomic E-state index is 13.1. The first-order valence-electron chi connectivity index (χ1n) is 24.6. The maximum absolute atomic E-state index is 13.1. The minimum absolute atomic E-state index is 0.237. The molecule has 0 saturated carbocycles. The van der Waals surface area contributed by atoms with E-state index in [1.807, 2.05) is 13.0 Å². The van der Waals surface area contributed by atoms with Crippen LogP contribution in [0.3, 0.4) is 0 Å². The molecule has 3 aliphatic heterocycles. The largest absolute Gasteiger partial charge is 0.394 e. The van der Waals surface area contributed by atoms with Gasteiger partial charge in [0.25, 0.3) is 0 Å². The van der Waals surface area contributed by atoms with E-state index in [0.717, 1.165) is 44.9 Å². The van der Waals surface area contributed by atoms with E-state index in [-0.39, 0.29) is 18.9 Å². The summed E-state index contributed by atoms with van der Waals surface area (Å²) in [7, 11) is 0. The molecule has 0 bridgehead atoms. The molecule has 0 radical (unpaired) electrons. The number of carbonyl (C=O) groups excluding carboxylic acids is 1. The Morgan fingerprint density at radius 3 is 1.50 bits per heavy atom. The molecule has 0 aromatic carbocycles. The molecule has 0 aromatic heterocycles. The van der Waals surface area contributed by atoms with Gasteiger partial charge in [0, 0.05) is 6.42 Å². The average molecular weight is 952 g/mol. The Kier molecular flexibility index (Phi) is 29.3. The van der Waals surface area contributed by atoms with Gasteiger partial charge in [0.05, 0.1) is 38.6 Å². The number of nitrogens with one attached hydrogen (secondary N) is 1. The fourth-order valence-electron chi connectivity index (χ4n) is 8.29. The van der Waals surface area contributed by atoms with Crippen molar-refractivity contribution in [3.05, 3.63) is 24.3 Å². The molecule has 1 amide bonds.